The molecular weight excluding hydrogens is 382 g/mol. The zero-order valence-corrected chi connectivity index (χ0v) is 18.0. The maximum absolute atomic E-state index is 12.8. The Hall–Kier alpha value is -2.89. The van der Waals surface area contributed by atoms with E-state index >= 15 is 0 Å². The molecule has 30 heavy (non-hydrogen) atoms. The molecule has 1 aromatic carbocycles. The first-order valence-electron chi connectivity index (χ1n) is 10.1. The number of carbonyl (C=O) groups is 2. The van der Waals surface area contributed by atoms with Crippen molar-refractivity contribution >= 4 is 12.0 Å². The van der Waals surface area contributed by atoms with Crippen LogP contribution in [-0.2, 0) is 16.1 Å². The van der Waals surface area contributed by atoms with E-state index in [0.717, 1.165) is 19.6 Å². The number of nitriles is 1. The van der Waals surface area contributed by atoms with E-state index in [9.17, 15) is 14.9 Å². The van der Waals surface area contributed by atoms with E-state index in [-0.39, 0.29) is 24.6 Å². The van der Waals surface area contributed by atoms with Crippen LogP contribution >= 0.6 is 0 Å². The molecule has 8 nitrogen and oxygen atoms in total. The van der Waals surface area contributed by atoms with Gasteiger partial charge in [-0.3, -0.25) is 14.6 Å². The third-order valence-electron chi connectivity index (χ3n) is 4.54. The fraction of sp³-hybridized carbons (Fsp3) is 0.500. The largest absolute Gasteiger partial charge is 0.443 e. The topological polar surface area (TPSA) is 103 Å². The van der Waals surface area contributed by atoms with Crippen LogP contribution in [0.4, 0.5) is 4.79 Å². The van der Waals surface area contributed by atoms with Gasteiger partial charge in [-0.15, -0.1) is 0 Å². The van der Waals surface area contributed by atoms with Crippen LogP contribution in [0.3, 0.4) is 0 Å². The highest BCUT2D eigenvalue weighted by Gasteiger charge is 2.26. The smallest absolute Gasteiger partial charge is 0.414 e. The van der Waals surface area contributed by atoms with Crippen LogP contribution in [0.1, 0.15) is 26.3 Å². The summed E-state index contributed by atoms with van der Waals surface area (Å²) in [6.07, 6.45) is 0.612. The van der Waals surface area contributed by atoms with E-state index < -0.39 is 11.7 Å². The highest BCUT2D eigenvalue weighted by molar-refractivity contribution is 5.97. The van der Waals surface area contributed by atoms with Crippen molar-refractivity contribution in [2.75, 3.05) is 39.3 Å². The van der Waals surface area contributed by atoms with Crippen molar-refractivity contribution in [2.45, 2.75) is 32.9 Å². The maximum Gasteiger partial charge on any atom is 0.414 e. The van der Waals surface area contributed by atoms with Crippen LogP contribution < -0.4 is 5.73 Å². The first-order chi connectivity index (χ1) is 14.2. The number of hydrogen-bond donors (Lipinski definition) is 1. The number of ether oxygens (including phenoxy) is 1. The second-order valence-electron chi connectivity index (χ2n) is 8.17. The fourth-order valence-electron chi connectivity index (χ4n) is 3.08. The molecule has 1 heterocycles. The minimum absolute atomic E-state index is 0.106. The number of piperazine rings is 1. The Kier molecular flexibility index (Phi) is 8.39. The lowest BCUT2D eigenvalue weighted by Crippen LogP contribution is -2.48. The average molecular weight is 414 g/mol. The highest BCUT2D eigenvalue weighted by atomic mass is 16.6. The van der Waals surface area contributed by atoms with Crippen LogP contribution in [0.5, 0.6) is 0 Å². The molecule has 0 aliphatic carbocycles. The summed E-state index contributed by atoms with van der Waals surface area (Å²) in [6, 6.07) is 12.1. The zero-order chi connectivity index (χ0) is 22.1. The van der Waals surface area contributed by atoms with Crippen molar-refractivity contribution < 1.29 is 14.3 Å². The van der Waals surface area contributed by atoms with Gasteiger partial charge in [0, 0.05) is 52.0 Å². The molecule has 2 N–H and O–H groups in total. The zero-order valence-electron chi connectivity index (χ0n) is 18.0. The maximum atomic E-state index is 12.8. The Bertz CT molecular complexity index is 787. The van der Waals surface area contributed by atoms with Crippen LogP contribution in [0.15, 0.2) is 42.1 Å². The van der Waals surface area contributed by atoms with Crippen molar-refractivity contribution in [2.24, 2.45) is 5.73 Å². The van der Waals surface area contributed by atoms with Crippen molar-refractivity contribution in [3.8, 4) is 6.07 Å². The first-order valence-corrected chi connectivity index (χ1v) is 10.1. The fourth-order valence-corrected chi connectivity index (χ4v) is 3.08. The molecule has 0 unspecified atom stereocenters. The number of carbonyl (C=O) groups excluding carboxylic acids is 2. The van der Waals surface area contributed by atoms with Gasteiger partial charge in [-0.05, 0) is 26.3 Å². The summed E-state index contributed by atoms with van der Waals surface area (Å²) in [4.78, 5) is 30.3. The molecule has 1 saturated heterocycles. The van der Waals surface area contributed by atoms with Gasteiger partial charge in [0.15, 0.2) is 0 Å². The molecule has 2 rings (SSSR count). The second-order valence-corrected chi connectivity index (χ2v) is 8.17. The van der Waals surface area contributed by atoms with Gasteiger partial charge in [-0.2, -0.15) is 5.26 Å². The van der Waals surface area contributed by atoms with E-state index in [4.69, 9.17) is 10.5 Å². The molecule has 0 bridgehead atoms. The lowest BCUT2D eigenvalue weighted by atomic mass is 10.2. The summed E-state index contributed by atoms with van der Waals surface area (Å²) in [5.41, 5.74) is 6.01. The predicted molar refractivity (Wildman–Crippen MR) is 114 cm³/mol. The summed E-state index contributed by atoms with van der Waals surface area (Å²) < 4.78 is 5.34. The van der Waals surface area contributed by atoms with Crippen molar-refractivity contribution in [3.05, 3.63) is 47.7 Å². The van der Waals surface area contributed by atoms with Gasteiger partial charge in [0.25, 0.3) is 5.91 Å². The standard InChI is InChI=1S/C22H31N5O3/c1-22(2,3)30-21(29)27(10-9-23)17-19(15-24)20(28)26-13-11-25(12-14-26)16-18-7-5-4-6-8-18/h4-8,17H,9-14,16,23H2,1-3H3/b19-17-. The Labute approximate surface area is 178 Å². The highest BCUT2D eigenvalue weighted by Crippen LogP contribution is 2.14. The lowest BCUT2D eigenvalue weighted by molar-refractivity contribution is -0.128. The molecule has 1 fully saturated rings. The quantitative estimate of drug-likeness (QED) is 0.565. The molecule has 0 aromatic heterocycles. The van der Waals surface area contributed by atoms with Gasteiger partial charge in [0.1, 0.15) is 17.2 Å². The molecule has 0 spiro atoms. The number of benzene rings is 1. The van der Waals surface area contributed by atoms with Gasteiger partial charge < -0.3 is 15.4 Å². The molecular formula is C22H31N5O3. The molecule has 1 aliphatic heterocycles. The SMILES string of the molecule is CC(C)(C)OC(=O)N(/C=C(/C#N)C(=O)N1CCN(Cc2ccccc2)CC1)CCN. The molecule has 2 amide bonds. The Morgan fingerprint density at radius 2 is 1.83 bits per heavy atom. The Morgan fingerprint density at radius 1 is 1.20 bits per heavy atom. The average Bonchev–Trinajstić information content (AvgIpc) is 2.70. The first kappa shape index (κ1) is 23.4. The van der Waals surface area contributed by atoms with Gasteiger partial charge in [0.2, 0.25) is 0 Å². The van der Waals surface area contributed by atoms with Gasteiger partial charge in [-0.1, -0.05) is 30.3 Å². The molecule has 1 aromatic rings. The third kappa shape index (κ3) is 7.17. The third-order valence-corrected chi connectivity index (χ3v) is 4.54. The molecule has 1 aliphatic rings. The van der Waals surface area contributed by atoms with Gasteiger partial charge in [0.05, 0.1) is 0 Å². The molecule has 162 valence electrons. The summed E-state index contributed by atoms with van der Waals surface area (Å²) >= 11 is 0. The Balaban J connectivity index is 2.00. The number of hydrogen-bond acceptors (Lipinski definition) is 6. The second kappa shape index (κ2) is 10.8. The van der Waals surface area contributed by atoms with Crippen LogP contribution in [0.2, 0.25) is 0 Å². The summed E-state index contributed by atoms with van der Waals surface area (Å²) in [5, 5.41) is 9.52. The van der Waals surface area contributed by atoms with Crippen molar-refractivity contribution in [3.63, 3.8) is 0 Å². The van der Waals surface area contributed by atoms with Crippen LogP contribution in [0.25, 0.3) is 0 Å². The van der Waals surface area contributed by atoms with Gasteiger partial charge >= 0.3 is 6.09 Å². The minimum atomic E-state index is -0.691. The molecule has 0 radical (unpaired) electrons. The number of amides is 2. The Morgan fingerprint density at radius 3 is 2.37 bits per heavy atom. The molecule has 0 atom stereocenters. The van der Waals surface area contributed by atoms with E-state index in [1.165, 1.54) is 16.7 Å². The molecule has 0 saturated carbocycles. The molecule has 8 heteroatoms. The number of rotatable bonds is 6. The normalized spacial score (nSPS) is 15.4. The van der Waals surface area contributed by atoms with Crippen molar-refractivity contribution in [1.29, 1.82) is 5.26 Å². The summed E-state index contributed by atoms with van der Waals surface area (Å²) in [5.74, 6) is -0.387. The monoisotopic (exact) mass is 413 g/mol. The summed E-state index contributed by atoms with van der Waals surface area (Å²) in [6.45, 7) is 8.89. The summed E-state index contributed by atoms with van der Waals surface area (Å²) in [7, 11) is 0. The van der Waals surface area contributed by atoms with Gasteiger partial charge in [-0.25, -0.2) is 4.79 Å². The number of nitrogens with two attached hydrogens (primary N) is 1. The minimum Gasteiger partial charge on any atom is -0.443 e. The number of nitrogens with zero attached hydrogens (tertiary/aromatic N) is 4. The lowest BCUT2D eigenvalue weighted by Gasteiger charge is -2.34. The van der Waals surface area contributed by atoms with Crippen LogP contribution in [-0.4, -0.2) is 71.6 Å². The van der Waals surface area contributed by atoms with E-state index in [1.807, 2.05) is 24.3 Å². The van der Waals surface area contributed by atoms with E-state index in [1.54, 1.807) is 25.7 Å². The van der Waals surface area contributed by atoms with Crippen molar-refractivity contribution in [1.82, 2.24) is 14.7 Å². The van der Waals surface area contributed by atoms with E-state index in [0.29, 0.717) is 13.1 Å². The predicted octanol–water partition coefficient (Wildman–Crippen LogP) is 1.93. The van der Waals surface area contributed by atoms with Crippen LogP contribution in [0, 0.1) is 11.3 Å². The van der Waals surface area contributed by atoms with E-state index in [2.05, 4.69) is 17.0 Å².